The highest BCUT2D eigenvalue weighted by molar-refractivity contribution is 7.88. The first-order chi connectivity index (χ1) is 9.42. The van der Waals surface area contributed by atoms with Crippen molar-refractivity contribution in [1.29, 1.82) is 0 Å². The zero-order chi connectivity index (χ0) is 14.3. The molecule has 2 aliphatic rings. The molecule has 1 aliphatic heterocycles. The number of piperidine rings is 1. The molecule has 3 atom stereocenters. The van der Waals surface area contributed by atoms with E-state index >= 15 is 0 Å². The second-order valence-corrected chi connectivity index (χ2v) is 8.32. The smallest absolute Gasteiger partial charge is 0.227 e. The van der Waals surface area contributed by atoms with Crippen molar-refractivity contribution in [3.63, 3.8) is 0 Å². The molecule has 110 valence electrons. The van der Waals surface area contributed by atoms with E-state index < -0.39 is 10.0 Å². The maximum absolute atomic E-state index is 12.4. The van der Waals surface area contributed by atoms with E-state index in [9.17, 15) is 13.2 Å². The predicted molar refractivity (Wildman–Crippen MR) is 78.0 cm³/mol. The summed E-state index contributed by atoms with van der Waals surface area (Å²) in [4.78, 5) is 14.2. The summed E-state index contributed by atoms with van der Waals surface area (Å²) in [5.41, 5.74) is 1.04. The summed E-state index contributed by atoms with van der Waals surface area (Å²) in [6, 6.07) is 1.87. The lowest BCUT2D eigenvalue weighted by atomic mass is 10.1. The molecular formula is C13H18N2O3S2. The Kier molecular flexibility index (Phi) is 3.60. The Morgan fingerprint density at radius 3 is 2.90 bits per heavy atom. The van der Waals surface area contributed by atoms with E-state index in [1.165, 1.54) is 6.26 Å². The minimum absolute atomic E-state index is 0.0286. The van der Waals surface area contributed by atoms with Gasteiger partial charge < -0.3 is 4.90 Å². The SMILES string of the molecule is CS(=O)(=O)N[C@H]1C[C@@H]2C[C@H]1N(C(=O)Cc1ccsc1)C2. The molecule has 20 heavy (non-hydrogen) atoms. The average molecular weight is 314 g/mol. The maximum Gasteiger partial charge on any atom is 0.227 e. The molecule has 1 aromatic heterocycles. The molecule has 0 spiro atoms. The summed E-state index contributed by atoms with van der Waals surface area (Å²) >= 11 is 1.59. The van der Waals surface area contributed by atoms with Crippen molar-refractivity contribution in [1.82, 2.24) is 9.62 Å². The summed E-state index contributed by atoms with van der Waals surface area (Å²) in [7, 11) is -3.22. The number of nitrogens with zero attached hydrogens (tertiary/aromatic N) is 1. The average Bonchev–Trinajstić information content (AvgIpc) is 3.01. The molecule has 1 saturated heterocycles. The molecule has 0 aromatic carbocycles. The van der Waals surface area contributed by atoms with Gasteiger partial charge in [-0.25, -0.2) is 13.1 Å². The first-order valence-electron chi connectivity index (χ1n) is 6.70. The molecule has 2 fully saturated rings. The van der Waals surface area contributed by atoms with E-state index in [4.69, 9.17) is 0 Å². The van der Waals surface area contributed by atoms with Crippen molar-refractivity contribution in [3.8, 4) is 0 Å². The molecule has 7 heteroatoms. The van der Waals surface area contributed by atoms with E-state index in [1.807, 2.05) is 21.7 Å². The summed E-state index contributed by atoms with van der Waals surface area (Å²) in [5, 5.41) is 3.95. The minimum atomic E-state index is -3.22. The normalized spacial score (nSPS) is 29.1. The first-order valence-corrected chi connectivity index (χ1v) is 9.53. The molecule has 1 N–H and O–H groups in total. The van der Waals surface area contributed by atoms with Crippen LogP contribution in [0.4, 0.5) is 0 Å². The molecule has 2 heterocycles. The van der Waals surface area contributed by atoms with Crippen LogP contribution in [-0.4, -0.2) is 44.1 Å². The minimum Gasteiger partial charge on any atom is -0.338 e. The van der Waals surface area contributed by atoms with Crippen LogP contribution in [-0.2, 0) is 21.2 Å². The number of thiophene rings is 1. The molecule has 1 aromatic rings. The maximum atomic E-state index is 12.4. The lowest BCUT2D eigenvalue weighted by molar-refractivity contribution is -0.132. The second-order valence-electron chi connectivity index (χ2n) is 5.76. The molecule has 2 bridgehead atoms. The van der Waals surface area contributed by atoms with Crippen molar-refractivity contribution < 1.29 is 13.2 Å². The Labute approximate surface area is 123 Å². The molecule has 1 amide bonds. The largest absolute Gasteiger partial charge is 0.338 e. The summed E-state index contributed by atoms with van der Waals surface area (Å²) in [6.45, 7) is 0.773. The van der Waals surface area contributed by atoms with Gasteiger partial charge in [0.2, 0.25) is 15.9 Å². The zero-order valence-electron chi connectivity index (χ0n) is 11.3. The van der Waals surface area contributed by atoms with Crippen LogP contribution in [0.25, 0.3) is 0 Å². The van der Waals surface area contributed by atoms with Crippen LogP contribution in [0.5, 0.6) is 0 Å². The number of nitrogens with one attached hydrogen (secondary N) is 1. The van der Waals surface area contributed by atoms with E-state index in [0.29, 0.717) is 12.3 Å². The monoisotopic (exact) mass is 314 g/mol. The third kappa shape index (κ3) is 2.89. The highest BCUT2D eigenvalue weighted by atomic mass is 32.2. The molecule has 5 nitrogen and oxygen atoms in total. The van der Waals surface area contributed by atoms with Crippen molar-refractivity contribution in [2.45, 2.75) is 31.3 Å². The highest BCUT2D eigenvalue weighted by Gasteiger charge is 2.47. The van der Waals surface area contributed by atoms with Crippen LogP contribution >= 0.6 is 11.3 Å². The van der Waals surface area contributed by atoms with Gasteiger partial charge in [0.25, 0.3) is 0 Å². The quantitative estimate of drug-likeness (QED) is 0.895. The fourth-order valence-electron chi connectivity index (χ4n) is 3.38. The summed E-state index contributed by atoms with van der Waals surface area (Å²) in [6.07, 6.45) is 3.36. The number of likely N-dealkylation sites (tertiary alicyclic amines) is 1. The molecule has 0 unspecified atom stereocenters. The Morgan fingerprint density at radius 2 is 2.30 bits per heavy atom. The van der Waals surface area contributed by atoms with Gasteiger partial charge >= 0.3 is 0 Å². The number of rotatable bonds is 4. The summed E-state index contributed by atoms with van der Waals surface area (Å²) in [5.74, 6) is 0.543. The van der Waals surface area contributed by atoms with Gasteiger partial charge in [0, 0.05) is 18.6 Å². The molecular weight excluding hydrogens is 296 g/mol. The molecule has 3 rings (SSSR count). The van der Waals surface area contributed by atoms with Gasteiger partial charge in [-0.15, -0.1) is 0 Å². The Bertz CT molecular complexity index is 597. The predicted octanol–water partition coefficient (Wildman–Crippen LogP) is 0.829. The Balaban J connectivity index is 1.68. The number of hydrogen-bond donors (Lipinski definition) is 1. The second kappa shape index (κ2) is 5.13. The number of carbonyl (C=O) groups excluding carboxylic acids is 1. The number of carbonyl (C=O) groups is 1. The van der Waals surface area contributed by atoms with Gasteiger partial charge in [0.1, 0.15) is 0 Å². The molecule has 0 radical (unpaired) electrons. The lowest BCUT2D eigenvalue weighted by Gasteiger charge is -2.33. The van der Waals surface area contributed by atoms with E-state index in [2.05, 4.69) is 4.72 Å². The number of hydrogen-bond acceptors (Lipinski definition) is 4. The number of fused-ring (bicyclic) bond motifs is 2. The van der Waals surface area contributed by atoms with Crippen molar-refractivity contribution in [2.24, 2.45) is 5.92 Å². The van der Waals surface area contributed by atoms with Crippen LogP contribution in [0.3, 0.4) is 0 Å². The van der Waals surface area contributed by atoms with Gasteiger partial charge in [-0.3, -0.25) is 4.79 Å². The lowest BCUT2D eigenvalue weighted by Crippen LogP contribution is -2.52. The standard InChI is InChI=1S/C13H18N2O3S2/c1-20(17,18)14-11-4-10-5-12(11)15(7-10)13(16)6-9-2-3-19-8-9/h2-3,8,10-12,14H,4-7H2,1H3/t10-,11+,12-/m1/s1. The topological polar surface area (TPSA) is 66.5 Å². The summed E-state index contributed by atoms with van der Waals surface area (Å²) < 4.78 is 25.4. The van der Waals surface area contributed by atoms with E-state index in [-0.39, 0.29) is 18.0 Å². The number of sulfonamides is 1. The third-order valence-electron chi connectivity index (χ3n) is 4.10. The van der Waals surface area contributed by atoms with Crippen LogP contribution in [0.15, 0.2) is 16.8 Å². The van der Waals surface area contributed by atoms with Gasteiger partial charge in [0.05, 0.1) is 12.7 Å². The molecule has 1 saturated carbocycles. The van der Waals surface area contributed by atoms with Crippen LogP contribution in [0.1, 0.15) is 18.4 Å². The van der Waals surface area contributed by atoms with E-state index in [1.54, 1.807) is 11.3 Å². The highest BCUT2D eigenvalue weighted by Crippen LogP contribution is 2.38. The zero-order valence-corrected chi connectivity index (χ0v) is 12.9. The Morgan fingerprint density at radius 1 is 1.50 bits per heavy atom. The van der Waals surface area contributed by atoms with Crippen LogP contribution < -0.4 is 4.72 Å². The van der Waals surface area contributed by atoms with Crippen LogP contribution in [0.2, 0.25) is 0 Å². The fraction of sp³-hybridized carbons (Fsp3) is 0.615. The van der Waals surface area contributed by atoms with Crippen molar-refractivity contribution in [2.75, 3.05) is 12.8 Å². The van der Waals surface area contributed by atoms with E-state index in [0.717, 1.165) is 24.9 Å². The Hall–Kier alpha value is -0.920. The van der Waals surface area contributed by atoms with Gasteiger partial charge in [0.15, 0.2) is 0 Å². The van der Waals surface area contributed by atoms with Crippen molar-refractivity contribution >= 4 is 27.3 Å². The van der Waals surface area contributed by atoms with Gasteiger partial charge in [-0.1, -0.05) is 0 Å². The third-order valence-corrected chi connectivity index (χ3v) is 5.57. The first kappa shape index (κ1) is 14.0. The molecule has 1 aliphatic carbocycles. The fourth-order valence-corrected chi connectivity index (χ4v) is 4.85. The van der Waals surface area contributed by atoms with Gasteiger partial charge in [-0.05, 0) is 41.1 Å². The van der Waals surface area contributed by atoms with Crippen molar-refractivity contribution in [3.05, 3.63) is 22.4 Å². The van der Waals surface area contributed by atoms with Gasteiger partial charge in [-0.2, -0.15) is 11.3 Å². The number of amides is 1. The van der Waals surface area contributed by atoms with Crippen LogP contribution in [0, 0.1) is 5.92 Å².